The van der Waals surface area contributed by atoms with Gasteiger partial charge in [-0.3, -0.25) is 4.68 Å². The molecule has 18 heavy (non-hydrogen) atoms. The van der Waals surface area contributed by atoms with Crippen LogP contribution in [0.25, 0.3) is 0 Å². The second kappa shape index (κ2) is 5.31. The lowest BCUT2D eigenvalue weighted by Gasteiger charge is -2.11. The van der Waals surface area contributed by atoms with Gasteiger partial charge in [0.15, 0.2) is 0 Å². The molecular weight excluding hydrogens is 231 g/mol. The lowest BCUT2D eigenvalue weighted by atomic mass is 10.0. The number of benzene rings is 1. The maximum absolute atomic E-state index is 13.4. The van der Waals surface area contributed by atoms with Crippen molar-refractivity contribution >= 4 is 0 Å². The Morgan fingerprint density at radius 3 is 2.67 bits per heavy atom. The van der Waals surface area contributed by atoms with Crippen LogP contribution in [-0.2, 0) is 19.9 Å². The second-order valence-corrected chi connectivity index (χ2v) is 4.55. The standard InChI is InChI=1S/C14H17FN2O/c1-10-7-12(17(2)16-10)9-13(18)8-11-5-3-4-6-14(11)15/h3-7,13,18H,8-9H2,1-2H3. The highest BCUT2D eigenvalue weighted by molar-refractivity contribution is 5.19. The molecule has 0 amide bonds. The van der Waals surface area contributed by atoms with Crippen LogP contribution in [-0.4, -0.2) is 21.0 Å². The summed E-state index contributed by atoms with van der Waals surface area (Å²) >= 11 is 0. The van der Waals surface area contributed by atoms with Gasteiger partial charge in [-0.25, -0.2) is 4.39 Å². The molecule has 1 heterocycles. The first-order valence-electron chi connectivity index (χ1n) is 5.97. The Kier molecular flexibility index (Phi) is 3.77. The fourth-order valence-corrected chi connectivity index (χ4v) is 2.09. The second-order valence-electron chi connectivity index (χ2n) is 4.55. The summed E-state index contributed by atoms with van der Waals surface area (Å²) in [5.74, 6) is -0.266. The number of aliphatic hydroxyl groups excluding tert-OH is 1. The number of rotatable bonds is 4. The molecule has 0 aliphatic carbocycles. The van der Waals surface area contributed by atoms with E-state index >= 15 is 0 Å². The summed E-state index contributed by atoms with van der Waals surface area (Å²) in [5, 5.41) is 14.2. The Morgan fingerprint density at radius 1 is 1.33 bits per heavy atom. The Morgan fingerprint density at radius 2 is 2.06 bits per heavy atom. The number of nitrogens with zero attached hydrogens (tertiary/aromatic N) is 2. The van der Waals surface area contributed by atoms with Crippen molar-refractivity contribution in [3.05, 3.63) is 53.1 Å². The van der Waals surface area contributed by atoms with Crippen molar-refractivity contribution in [1.82, 2.24) is 9.78 Å². The quantitative estimate of drug-likeness (QED) is 0.899. The molecule has 0 radical (unpaired) electrons. The normalized spacial score (nSPS) is 12.7. The predicted molar refractivity (Wildman–Crippen MR) is 67.8 cm³/mol. The van der Waals surface area contributed by atoms with Crippen molar-refractivity contribution in [3.8, 4) is 0 Å². The highest BCUT2D eigenvalue weighted by Gasteiger charge is 2.12. The number of hydrogen-bond donors (Lipinski definition) is 1. The van der Waals surface area contributed by atoms with Crippen LogP contribution in [0.1, 0.15) is 17.0 Å². The summed E-state index contributed by atoms with van der Waals surface area (Å²) in [6.45, 7) is 1.91. The van der Waals surface area contributed by atoms with Crippen molar-refractivity contribution in [3.63, 3.8) is 0 Å². The van der Waals surface area contributed by atoms with E-state index < -0.39 is 6.10 Å². The van der Waals surface area contributed by atoms with Crippen LogP contribution in [0.15, 0.2) is 30.3 Å². The Labute approximate surface area is 106 Å². The van der Waals surface area contributed by atoms with Crippen LogP contribution < -0.4 is 0 Å². The van der Waals surface area contributed by atoms with E-state index in [1.807, 2.05) is 20.0 Å². The lowest BCUT2D eigenvalue weighted by molar-refractivity contribution is 0.171. The van der Waals surface area contributed by atoms with Crippen molar-refractivity contribution < 1.29 is 9.50 Å². The predicted octanol–water partition coefficient (Wildman–Crippen LogP) is 2.01. The van der Waals surface area contributed by atoms with Gasteiger partial charge in [0, 0.05) is 25.6 Å². The van der Waals surface area contributed by atoms with Crippen LogP contribution in [0.5, 0.6) is 0 Å². The molecule has 0 spiro atoms. The van der Waals surface area contributed by atoms with Gasteiger partial charge in [-0.2, -0.15) is 5.10 Å². The first-order chi connectivity index (χ1) is 8.56. The van der Waals surface area contributed by atoms with Gasteiger partial charge in [0.2, 0.25) is 0 Å². The largest absolute Gasteiger partial charge is 0.392 e. The number of halogens is 1. The molecule has 1 aromatic carbocycles. The molecule has 0 bridgehead atoms. The Bertz CT molecular complexity index is 536. The minimum Gasteiger partial charge on any atom is -0.392 e. The SMILES string of the molecule is Cc1cc(CC(O)Cc2ccccc2F)n(C)n1. The maximum Gasteiger partial charge on any atom is 0.126 e. The van der Waals surface area contributed by atoms with Gasteiger partial charge in [-0.05, 0) is 24.6 Å². The summed E-state index contributed by atoms with van der Waals surface area (Å²) in [7, 11) is 1.85. The Hall–Kier alpha value is -1.68. The van der Waals surface area contributed by atoms with Gasteiger partial charge in [0.1, 0.15) is 5.82 Å². The van der Waals surface area contributed by atoms with Crippen molar-refractivity contribution in [2.45, 2.75) is 25.9 Å². The summed E-state index contributed by atoms with van der Waals surface area (Å²) in [4.78, 5) is 0. The summed E-state index contributed by atoms with van der Waals surface area (Å²) in [5.41, 5.74) is 2.42. The van der Waals surface area contributed by atoms with E-state index in [1.54, 1.807) is 22.9 Å². The summed E-state index contributed by atoms with van der Waals surface area (Å²) < 4.78 is 15.2. The van der Waals surface area contributed by atoms with E-state index in [9.17, 15) is 9.50 Å². The lowest BCUT2D eigenvalue weighted by Crippen LogP contribution is -2.16. The fraction of sp³-hybridized carbons (Fsp3) is 0.357. The molecule has 3 nitrogen and oxygen atoms in total. The zero-order valence-corrected chi connectivity index (χ0v) is 10.6. The molecule has 1 N–H and O–H groups in total. The minimum atomic E-state index is -0.600. The molecule has 0 fully saturated rings. The number of hydrogen-bond acceptors (Lipinski definition) is 2. The molecule has 0 saturated heterocycles. The molecule has 96 valence electrons. The molecular formula is C14H17FN2O. The van der Waals surface area contributed by atoms with Gasteiger partial charge in [-0.1, -0.05) is 18.2 Å². The van der Waals surface area contributed by atoms with Crippen molar-refractivity contribution in [1.29, 1.82) is 0 Å². The molecule has 1 aromatic heterocycles. The van der Waals surface area contributed by atoms with Crippen LogP contribution >= 0.6 is 0 Å². The monoisotopic (exact) mass is 248 g/mol. The van der Waals surface area contributed by atoms with E-state index in [2.05, 4.69) is 5.10 Å². The zero-order valence-electron chi connectivity index (χ0n) is 10.6. The smallest absolute Gasteiger partial charge is 0.126 e. The average molecular weight is 248 g/mol. The molecule has 2 rings (SSSR count). The topological polar surface area (TPSA) is 38.0 Å². The zero-order chi connectivity index (χ0) is 13.1. The first-order valence-corrected chi connectivity index (χ1v) is 5.97. The van der Waals surface area contributed by atoms with E-state index in [0.29, 0.717) is 18.4 Å². The van der Waals surface area contributed by atoms with Gasteiger partial charge in [-0.15, -0.1) is 0 Å². The third-order valence-corrected chi connectivity index (χ3v) is 2.96. The van der Waals surface area contributed by atoms with Gasteiger partial charge in [0.05, 0.1) is 11.8 Å². The number of aryl methyl sites for hydroxylation is 2. The molecule has 1 unspecified atom stereocenters. The summed E-state index contributed by atoms with van der Waals surface area (Å²) in [6, 6.07) is 8.48. The molecule has 1 atom stereocenters. The van der Waals surface area contributed by atoms with E-state index in [0.717, 1.165) is 11.4 Å². The van der Waals surface area contributed by atoms with Crippen molar-refractivity contribution in [2.75, 3.05) is 0 Å². The van der Waals surface area contributed by atoms with Gasteiger partial charge in [0.25, 0.3) is 0 Å². The van der Waals surface area contributed by atoms with E-state index in [1.165, 1.54) is 6.07 Å². The highest BCUT2D eigenvalue weighted by Crippen LogP contribution is 2.12. The molecule has 2 aromatic rings. The van der Waals surface area contributed by atoms with Crippen LogP contribution in [0.3, 0.4) is 0 Å². The molecule has 4 heteroatoms. The number of aromatic nitrogens is 2. The first kappa shape index (κ1) is 12.8. The van der Waals surface area contributed by atoms with Crippen LogP contribution in [0.4, 0.5) is 4.39 Å². The van der Waals surface area contributed by atoms with Crippen molar-refractivity contribution in [2.24, 2.45) is 7.05 Å². The van der Waals surface area contributed by atoms with E-state index in [4.69, 9.17) is 0 Å². The molecule has 0 aliphatic heterocycles. The van der Waals surface area contributed by atoms with E-state index in [-0.39, 0.29) is 5.82 Å². The fourth-order valence-electron chi connectivity index (χ4n) is 2.09. The van der Waals surface area contributed by atoms with Crippen LogP contribution in [0.2, 0.25) is 0 Å². The maximum atomic E-state index is 13.4. The van der Waals surface area contributed by atoms with Gasteiger partial charge < -0.3 is 5.11 Å². The summed E-state index contributed by atoms with van der Waals surface area (Å²) in [6.07, 6.45) is 0.194. The third-order valence-electron chi connectivity index (χ3n) is 2.96. The third kappa shape index (κ3) is 2.96. The van der Waals surface area contributed by atoms with Crippen LogP contribution in [0, 0.1) is 12.7 Å². The average Bonchev–Trinajstić information content (AvgIpc) is 2.61. The Balaban J connectivity index is 2.03. The minimum absolute atomic E-state index is 0.266. The molecule has 0 saturated carbocycles. The van der Waals surface area contributed by atoms with Gasteiger partial charge >= 0.3 is 0 Å². The highest BCUT2D eigenvalue weighted by atomic mass is 19.1. The molecule has 0 aliphatic rings. The number of aliphatic hydroxyl groups is 1.